The molecule has 0 fully saturated rings. The summed E-state index contributed by atoms with van der Waals surface area (Å²) in [6.45, 7) is 8.99. The Morgan fingerprint density at radius 2 is 1.92 bits per heavy atom. The highest BCUT2D eigenvalue weighted by molar-refractivity contribution is 5.92. The molecular formula is C17H28N4O3. The van der Waals surface area contributed by atoms with Crippen molar-refractivity contribution in [2.24, 2.45) is 5.92 Å². The lowest BCUT2D eigenvalue weighted by Gasteiger charge is -2.23. The van der Waals surface area contributed by atoms with E-state index < -0.39 is 0 Å². The molecule has 0 saturated heterocycles. The molecule has 0 aliphatic rings. The van der Waals surface area contributed by atoms with Crippen LogP contribution in [0.3, 0.4) is 0 Å². The summed E-state index contributed by atoms with van der Waals surface area (Å²) in [6.07, 6.45) is 3.25. The average molecular weight is 336 g/mol. The van der Waals surface area contributed by atoms with E-state index >= 15 is 0 Å². The first-order valence-electron chi connectivity index (χ1n) is 8.21. The fourth-order valence-electron chi connectivity index (χ4n) is 1.91. The van der Waals surface area contributed by atoms with Gasteiger partial charge in [0, 0.05) is 38.9 Å². The molecule has 2 amide bonds. The number of aryl methyl sites for hydroxylation is 1. The molecule has 0 saturated carbocycles. The molecule has 1 unspecified atom stereocenters. The minimum Gasteiger partial charge on any atom is -0.383 e. The van der Waals surface area contributed by atoms with Crippen LogP contribution in [0.2, 0.25) is 0 Å². The topological polar surface area (TPSA) is 84.4 Å². The number of ether oxygens (including phenoxy) is 1. The van der Waals surface area contributed by atoms with Gasteiger partial charge in [0.05, 0.1) is 18.5 Å². The molecule has 1 rings (SSSR count). The fraction of sp³-hybridized carbons (Fsp3) is 0.647. The lowest BCUT2D eigenvalue weighted by molar-refractivity contribution is -0.122. The van der Waals surface area contributed by atoms with Crippen molar-refractivity contribution in [1.29, 1.82) is 0 Å². The van der Waals surface area contributed by atoms with Crippen molar-refractivity contribution in [3.05, 3.63) is 23.8 Å². The van der Waals surface area contributed by atoms with Crippen LogP contribution >= 0.6 is 0 Å². The molecule has 7 heteroatoms. The highest BCUT2D eigenvalue weighted by atomic mass is 16.5. The second-order valence-electron chi connectivity index (χ2n) is 6.18. The minimum atomic E-state index is -0.246. The van der Waals surface area contributed by atoms with Crippen molar-refractivity contribution in [1.82, 2.24) is 20.2 Å². The van der Waals surface area contributed by atoms with E-state index in [1.807, 2.05) is 13.8 Å². The highest BCUT2D eigenvalue weighted by Crippen LogP contribution is 2.04. The van der Waals surface area contributed by atoms with Crippen LogP contribution in [0.15, 0.2) is 12.4 Å². The van der Waals surface area contributed by atoms with Crippen molar-refractivity contribution >= 4 is 11.8 Å². The summed E-state index contributed by atoms with van der Waals surface area (Å²) >= 11 is 0. The third-order valence-corrected chi connectivity index (χ3v) is 3.85. The minimum absolute atomic E-state index is 0.0681. The van der Waals surface area contributed by atoms with Crippen LogP contribution in [0.5, 0.6) is 0 Å². The van der Waals surface area contributed by atoms with Crippen LogP contribution in [0.1, 0.15) is 43.4 Å². The van der Waals surface area contributed by atoms with Crippen LogP contribution in [-0.2, 0) is 9.53 Å². The molecule has 0 spiro atoms. The first-order chi connectivity index (χ1) is 11.3. The second kappa shape index (κ2) is 9.97. The van der Waals surface area contributed by atoms with E-state index in [0.717, 1.165) is 5.69 Å². The SMILES string of the molecule is COCCN(CCC(=O)NC(C)C(C)C)C(=O)c1cnc(C)cn1. The number of nitrogens with one attached hydrogen (secondary N) is 1. The van der Waals surface area contributed by atoms with Crippen LogP contribution in [-0.4, -0.2) is 59.5 Å². The lowest BCUT2D eigenvalue weighted by Crippen LogP contribution is -2.40. The highest BCUT2D eigenvalue weighted by Gasteiger charge is 2.19. The van der Waals surface area contributed by atoms with Crippen LogP contribution in [0.4, 0.5) is 0 Å². The maximum absolute atomic E-state index is 12.5. The Kier molecular flexibility index (Phi) is 8.32. The van der Waals surface area contributed by atoms with Crippen molar-refractivity contribution in [2.75, 3.05) is 26.8 Å². The number of carbonyl (C=O) groups is 2. The molecule has 0 aliphatic heterocycles. The normalized spacial score (nSPS) is 12.1. The molecule has 0 aromatic carbocycles. The Hall–Kier alpha value is -2.02. The van der Waals surface area contributed by atoms with Gasteiger partial charge in [-0.3, -0.25) is 14.6 Å². The Morgan fingerprint density at radius 1 is 1.21 bits per heavy atom. The molecule has 1 atom stereocenters. The van der Waals surface area contributed by atoms with Crippen LogP contribution in [0.25, 0.3) is 0 Å². The lowest BCUT2D eigenvalue weighted by atomic mass is 10.1. The fourth-order valence-corrected chi connectivity index (χ4v) is 1.91. The van der Waals surface area contributed by atoms with Crippen LogP contribution in [0, 0.1) is 12.8 Å². The number of aromatic nitrogens is 2. The van der Waals surface area contributed by atoms with Crippen LogP contribution < -0.4 is 5.32 Å². The van der Waals surface area contributed by atoms with E-state index in [4.69, 9.17) is 4.74 Å². The molecule has 7 nitrogen and oxygen atoms in total. The number of nitrogens with zero attached hydrogens (tertiary/aromatic N) is 3. The Labute approximate surface area is 143 Å². The molecule has 1 aromatic heterocycles. The van der Waals surface area contributed by atoms with Gasteiger partial charge in [0.2, 0.25) is 5.91 Å². The molecule has 1 heterocycles. The molecule has 0 radical (unpaired) electrons. The van der Waals surface area contributed by atoms with E-state index in [2.05, 4.69) is 29.1 Å². The summed E-state index contributed by atoms with van der Waals surface area (Å²) in [6, 6.07) is 0.101. The van der Waals surface area contributed by atoms with Crippen molar-refractivity contribution in [3.8, 4) is 0 Å². The van der Waals surface area contributed by atoms with E-state index in [1.54, 1.807) is 18.2 Å². The summed E-state index contributed by atoms with van der Waals surface area (Å²) < 4.78 is 5.05. The summed E-state index contributed by atoms with van der Waals surface area (Å²) in [7, 11) is 1.57. The number of methoxy groups -OCH3 is 1. The van der Waals surface area contributed by atoms with Gasteiger partial charge >= 0.3 is 0 Å². The van der Waals surface area contributed by atoms with Crippen molar-refractivity contribution < 1.29 is 14.3 Å². The standard InChI is InChI=1S/C17H28N4O3/c1-12(2)14(4)20-16(22)6-7-21(8-9-24-5)17(23)15-11-18-13(3)10-19-15/h10-12,14H,6-9H2,1-5H3,(H,20,22). The summed E-state index contributed by atoms with van der Waals surface area (Å²) in [4.78, 5) is 34.4. The number of amides is 2. The number of hydrogen-bond acceptors (Lipinski definition) is 5. The third-order valence-electron chi connectivity index (χ3n) is 3.85. The Bertz CT molecular complexity index is 531. The first kappa shape index (κ1) is 20.0. The van der Waals surface area contributed by atoms with Gasteiger partial charge in [-0.2, -0.15) is 0 Å². The molecule has 24 heavy (non-hydrogen) atoms. The van der Waals surface area contributed by atoms with E-state index in [-0.39, 0.29) is 30.0 Å². The Balaban J connectivity index is 2.66. The molecule has 1 N–H and O–H groups in total. The zero-order valence-electron chi connectivity index (χ0n) is 15.2. The zero-order valence-corrected chi connectivity index (χ0v) is 15.2. The van der Waals surface area contributed by atoms with Gasteiger partial charge in [-0.1, -0.05) is 13.8 Å². The number of rotatable bonds is 9. The summed E-state index contributed by atoms with van der Waals surface area (Å²) in [5.74, 6) is 0.0497. The second-order valence-corrected chi connectivity index (χ2v) is 6.18. The van der Waals surface area contributed by atoms with Gasteiger partial charge in [0.15, 0.2) is 0 Å². The predicted octanol–water partition coefficient (Wildman–Crippen LogP) is 1.42. The van der Waals surface area contributed by atoms with Gasteiger partial charge in [-0.05, 0) is 19.8 Å². The maximum atomic E-state index is 12.5. The first-order valence-corrected chi connectivity index (χ1v) is 8.21. The van der Waals surface area contributed by atoms with E-state index in [1.165, 1.54) is 6.20 Å². The van der Waals surface area contributed by atoms with E-state index in [0.29, 0.717) is 25.6 Å². The number of hydrogen-bond donors (Lipinski definition) is 1. The van der Waals surface area contributed by atoms with Gasteiger partial charge in [-0.15, -0.1) is 0 Å². The monoisotopic (exact) mass is 336 g/mol. The van der Waals surface area contributed by atoms with Gasteiger partial charge in [0.25, 0.3) is 5.91 Å². The van der Waals surface area contributed by atoms with Gasteiger partial charge in [-0.25, -0.2) is 4.98 Å². The molecule has 0 bridgehead atoms. The van der Waals surface area contributed by atoms with Gasteiger partial charge < -0.3 is 15.0 Å². The zero-order chi connectivity index (χ0) is 18.1. The maximum Gasteiger partial charge on any atom is 0.274 e. The van der Waals surface area contributed by atoms with Gasteiger partial charge in [0.1, 0.15) is 5.69 Å². The Morgan fingerprint density at radius 3 is 2.46 bits per heavy atom. The molecule has 0 aliphatic carbocycles. The quantitative estimate of drug-likeness (QED) is 0.737. The molecule has 134 valence electrons. The van der Waals surface area contributed by atoms with Crippen molar-refractivity contribution in [3.63, 3.8) is 0 Å². The smallest absolute Gasteiger partial charge is 0.274 e. The summed E-state index contributed by atoms with van der Waals surface area (Å²) in [5, 5.41) is 2.94. The predicted molar refractivity (Wildman–Crippen MR) is 91.6 cm³/mol. The average Bonchev–Trinajstić information content (AvgIpc) is 2.55. The number of carbonyl (C=O) groups excluding carboxylic acids is 2. The van der Waals surface area contributed by atoms with Crippen molar-refractivity contribution in [2.45, 2.75) is 40.2 Å². The van der Waals surface area contributed by atoms with E-state index in [9.17, 15) is 9.59 Å². The molecular weight excluding hydrogens is 308 g/mol. The third kappa shape index (κ3) is 6.62. The summed E-state index contributed by atoms with van der Waals surface area (Å²) in [5.41, 5.74) is 1.02. The molecule has 1 aromatic rings. The largest absolute Gasteiger partial charge is 0.383 e.